The van der Waals surface area contributed by atoms with Crippen LogP contribution >= 0.6 is 0 Å². The minimum atomic E-state index is -0.920. The van der Waals surface area contributed by atoms with Crippen LogP contribution in [0.25, 0.3) is 0 Å². The number of hydrogen-bond donors (Lipinski definition) is 2. The molecule has 1 aliphatic heterocycles. The Kier molecular flexibility index (Phi) is 4.57. The van der Waals surface area contributed by atoms with Crippen molar-refractivity contribution in [1.82, 2.24) is 5.32 Å². The number of esters is 1. The molecule has 6 nitrogen and oxygen atoms in total. The number of benzene rings is 1. The van der Waals surface area contributed by atoms with Crippen LogP contribution in [0.3, 0.4) is 0 Å². The molecule has 1 fully saturated rings. The lowest BCUT2D eigenvalue weighted by molar-refractivity contribution is -0.155. The smallest absolute Gasteiger partial charge is 0.329 e. The lowest BCUT2D eigenvalue weighted by Gasteiger charge is -2.16. The molecule has 6 heteroatoms. The van der Waals surface area contributed by atoms with Crippen molar-refractivity contribution in [2.75, 3.05) is 5.32 Å². The zero-order valence-electron chi connectivity index (χ0n) is 12.0. The first-order valence-electron chi connectivity index (χ1n) is 6.83. The van der Waals surface area contributed by atoms with Gasteiger partial charge in [-0.3, -0.25) is 9.59 Å². The summed E-state index contributed by atoms with van der Waals surface area (Å²) in [6.45, 7) is 3.45. The number of nitrogens with one attached hydrogen (secondary N) is 2. The van der Waals surface area contributed by atoms with Crippen molar-refractivity contribution in [1.29, 1.82) is 0 Å². The van der Waals surface area contributed by atoms with E-state index in [0.717, 1.165) is 5.56 Å². The normalized spacial score (nSPS) is 18.8. The molecule has 0 aliphatic carbocycles. The molecule has 2 amide bonds. The Morgan fingerprint density at radius 3 is 2.57 bits per heavy atom. The molecule has 0 aromatic heterocycles. The molecule has 1 aromatic rings. The molecule has 0 bridgehead atoms. The Morgan fingerprint density at radius 2 is 2.00 bits per heavy atom. The standard InChI is InChI=1S/C15H18N2O4/c1-9-3-5-11(6-4-9)16-14(19)10(2)21-15(20)12-7-8-13(18)17-12/h3-6,10,12H,7-8H2,1-2H3,(H,16,19)(H,17,18)/t10-,12+/m0/s1. The minimum Gasteiger partial charge on any atom is -0.451 e. The van der Waals surface area contributed by atoms with E-state index in [9.17, 15) is 14.4 Å². The van der Waals surface area contributed by atoms with E-state index in [2.05, 4.69) is 10.6 Å². The van der Waals surface area contributed by atoms with Crippen LogP contribution in [0.4, 0.5) is 5.69 Å². The maximum Gasteiger partial charge on any atom is 0.329 e. The predicted octanol–water partition coefficient (Wildman–Crippen LogP) is 1.14. The van der Waals surface area contributed by atoms with Crippen LogP contribution in [0.15, 0.2) is 24.3 Å². The van der Waals surface area contributed by atoms with Crippen molar-refractivity contribution in [2.45, 2.75) is 38.8 Å². The second-order valence-electron chi connectivity index (χ2n) is 5.09. The van der Waals surface area contributed by atoms with Crippen molar-refractivity contribution in [3.8, 4) is 0 Å². The zero-order valence-corrected chi connectivity index (χ0v) is 12.0. The molecule has 2 N–H and O–H groups in total. The summed E-state index contributed by atoms with van der Waals surface area (Å²) in [4.78, 5) is 34.8. The van der Waals surface area contributed by atoms with Crippen molar-refractivity contribution >= 4 is 23.5 Å². The molecule has 0 radical (unpaired) electrons. The summed E-state index contributed by atoms with van der Waals surface area (Å²) in [7, 11) is 0. The fraction of sp³-hybridized carbons (Fsp3) is 0.400. The van der Waals surface area contributed by atoms with Gasteiger partial charge in [0.15, 0.2) is 6.10 Å². The van der Waals surface area contributed by atoms with Crippen molar-refractivity contribution in [3.05, 3.63) is 29.8 Å². The van der Waals surface area contributed by atoms with Crippen molar-refractivity contribution < 1.29 is 19.1 Å². The third-order valence-corrected chi connectivity index (χ3v) is 3.26. The SMILES string of the molecule is Cc1ccc(NC(=O)[C@H](C)OC(=O)[C@H]2CCC(=O)N2)cc1. The highest BCUT2D eigenvalue weighted by molar-refractivity contribution is 5.96. The van der Waals surface area contributed by atoms with Gasteiger partial charge in [0.2, 0.25) is 5.91 Å². The fourth-order valence-electron chi connectivity index (χ4n) is 1.98. The van der Waals surface area contributed by atoms with E-state index in [1.807, 2.05) is 19.1 Å². The average molecular weight is 290 g/mol. The van der Waals surface area contributed by atoms with Crippen LogP contribution in [-0.4, -0.2) is 29.9 Å². The van der Waals surface area contributed by atoms with Crippen LogP contribution in [0, 0.1) is 6.92 Å². The highest BCUT2D eigenvalue weighted by Crippen LogP contribution is 2.12. The summed E-state index contributed by atoms with van der Waals surface area (Å²) < 4.78 is 5.07. The second-order valence-corrected chi connectivity index (χ2v) is 5.09. The Labute approximate surface area is 122 Å². The molecule has 2 atom stereocenters. The van der Waals surface area contributed by atoms with Gasteiger partial charge in [-0.25, -0.2) is 4.79 Å². The third kappa shape index (κ3) is 4.05. The number of carbonyl (C=O) groups is 3. The summed E-state index contributed by atoms with van der Waals surface area (Å²) >= 11 is 0. The van der Waals surface area contributed by atoms with E-state index in [1.165, 1.54) is 6.92 Å². The quantitative estimate of drug-likeness (QED) is 0.815. The maximum atomic E-state index is 11.9. The largest absolute Gasteiger partial charge is 0.451 e. The van der Waals surface area contributed by atoms with Crippen molar-refractivity contribution in [3.63, 3.8) is 0 Å². The van der Waals surface area contributed by atoms with Gasteiger partial charge in [0.1, 0.15) is 6.04 Å². The Bertz CT molecular complexity index is 553. The Morgan fingerprint density at radius 1 is 1.33 bits per heavy atom. The van der Waals surface area contributed by atoms with Crippen LogP contribution in [0.5, 0.6) is 0 Å². The van der Waals surface area contributed by atoms with E-state index in [1.54, 1.807) is 12.1 Å². The first-order chi connectivity index (χ1) is 9.95. The summed E-state index contributed by atoms with van der Waals surface area (Å²) in [5.74, 6) is -1.15. The molecule has 112 valence electrons. The van der Waals surface area contributed by atoms with Gasteiger partial charge in [-0.2, -0.15) is 0 Å². The van der Waals surface area contributed by atoms with Gasteiger partial charge in [-0.1, -0.05) is 17.7 Å². The summed E-state index contributed by atoms with van der Waals surface area (Å²) in [6, 6.07) is 6.66. The number of carbonyl (C=O) groups excluding carboxylic acids is 3. The van der Waals surface area contributed by atoms with Crippen molar-refractivity contribution in [2.24, 2.45) is 0 Å². The van der Waals surface area contributed by atoms with Crippen LogP contribution in [-0.2, 0) is 19.1 Å². The topological polar surface area (TPSA) is 84.5 Å². The number of rotatable bonds is 4. The van der Waals surface area contributed by atoms with Crippen LogP contribution in [0.2, 0.25) is 0 Å². The monoisotopic (exact) mass is 290 g/mol. The van der Waals surface area contributed by atoms with Gasteiger partial charge >= 0.3 is 5.97 Å². The summed E-state index contributed by atoms with van der Waals surface area (Å²) in [6.07, 6.45) is -0.204. The average Bonchev–Trinajstić information content (AvgIpc) is 2.88. The maximum absolute atomic E-state index is 11.9. The molecule has 0 spiro atoms. The Hall–Kier alpha value is -2.37. The highest BCUT2D eigenvalue weighted by Gasteiger charge is 2.30. The Balaban J connectivity index is 1.86. The summed E-state index contributed by atoms with van der Waals surface area (Å²) in [5, 5.41) is 5.18. The molecule has 1 heterocycles. The van der Waals surface area contributed by atoms with E-state index in [4.69, 9.17) is 4.74 Å². The van der Waals surface area contributed by atoms with Gasteiger partial charge < -0.3 is 15.4 Å². The first kappa shape index (κ1) is 15.0. The number of hydrogen-bond acceptors (Lipinski definition) is 4. The molecule has 1 aliphatic rings. The fourth-order valence-corrected chi connectivity index (χ4v) is 1.98. The van der Waals surface area contributed by atoms with Gasteiger partial charge in [0, 0.05) is 12.1 Å². The number of amides is 2. The minimum absolute atomic E-state index is 0.172. The van der Waals surface area contributed by atoms with Crippen LogP contribution < -0.4 is 10.6 Å². The highest BCUT2D eigenvalue weighted by atomic mass is 16.5. The molecule has 1 aromatic carbocycles. The number of anilines is 1. The lowest BCUT2D eigenvalue weighted by Crippen LogP contribution is -2.39. The number of aryl methyl sites for hydroxylation is 1. The van der Waals surface area contributed by atoms with E-state index in [-0.39, 0.29) is 5.91 Å². The predicted molar refractivity (Wildman–Crippen MR) is 76.5 cm³/mol. The van der Waals surface area contributed by atoms with E-state index in [0.29, 0.717) is 18.5 Å². The van der Waals surface area contributed by atoms with E-state index >= 15 is 0 Å². The van der Waals surface area contributed by atoms with Gasteiger partial charge in [-0.15, -0.1) is 0 Å². The molecular weight excluding hydrogens is 272 g/mol. The molecule has 1 saturated heterocycles. The first-order valence-corrected chi connectivity index (χ1v) is 6.83. The van der Waals surface area contributed by atoms with E-state index < -0.39 is 24.0 Å². The molecule has 21 heavy (non-hydrogen) atoms. The van der Waals surface area contributed by atoms with Crippen LogP contribution in [0.1, 0.15) is 25.3 Å². The van der Waals surface area contributed by atoms with Gasteiger partial charge in [0.05, 0.1) is 0 Å². The molecule has 0 unspecified atom stereocenters. The molecule has 2 rings (SSSR count). The third-order valence-electron chi connectivity index (χ3n) is 3.26. The molecule has 0 saturated carbocycles. The molecular formula is C15H18N2O4. The zero-order chi connectivity index (χ0) is 15.4. The second kappa shape index (κ2) is 6.39. The number of ether oxygens (including phenoxy) is 1. The lowest BCUT2D eigenvalue weighted by atomic mass is 10.2. The van der Waals surface area contributed by atoms with Gasteiger partial charge in [0.25, 0.3) is 5.91 Å². The summed E-state index contributed by atoms with van der Waals surface area (Å²) in [5.41, 5.74) is 1.73. The van der Waals surface area contributed by atoms with Gasteiger partial charge in [-0.05, 0) is 32.4 Å².